The van der Waals surface area contributed by atoms with Crippen LogP contribution in [0.3, 0.4) is 0 Å². The summed E-state index contributed by atoms with van der Waals surface area (Å²) in [5.74, 6) is -0.366. The number of nitrogens with two attached hydrogens (primary N) is 1. The summed E-state index contributed by atoms with van der Waals surface area (Å²) in [4.78, 5) is -0.216. The number of ether oxygens (including phenoxy) is 1. The number of rotatable bonds is 6. The van der Waals surface area contributed by atoms with Crippen molar-refractivity contribution in [3.05, 3.63) is 65.4 Å². The maximum Gasteiger partial charge on any atom is 0.414 e. The lowest BCUT2D eigenvalue weighted by Gasteiger charge is -2.04. The molecule has 0 aliphatic rings. The highest BCUT2D eigenvalue weighted by atomic mass is 32.2. The maximum absolute atomic E-state index is 12.6. The van der Waals surface area contributed by atoms with Crippen LogP contribution in [-0.2, 0) is 16.3 Å². The highest BCUT2D eigenvalue weighted by Crippen LogP contribution is 2.25. The van der Waals surface area contributed by atoms with Gasteiger partial charge in [-0.1, -0.05) is 30.3 Å². The summed E-state index contributed by atoms with van der Waals surface area (Å²) in [5.41, 5.74) is 7.20. The fourth-order valence-electron chi connectivity index (χ4n) is 2.19. The van der Waals surface area contributed by atoms with E-state index in [9.17, 15) is 13.6 Å². The average molecular weight is 361 g/mol. The Kier molecular flexibility index (Phi) is 4.57. The molecule has 9 heteroatoms. The minimum atomic E-state index is -4.10. The molecule has 0 saturated heterocycles. The molecule has 0 bridgehead atoms. The monoisotopic (exact) mass is 361 g/mol. The zero-order valence-electron chi connectivity index (χ0n) is 13.0. The Balaban J connectivity index is 1.79. The van der Waals surface area contributed by atoms with Crippen molar-refractivity contribution in [3.63, 3.8) is 0 Å². The zero-order valence-corrected chi connectivity index (χ0v) is 13.8. The number of anilines is 1. The molecule has 0 saturated carbocycles. The van der Waals surface area contributed by atoms with Crippen molar-refractivity contribution in [3.8, 4) is 5.88 Å². The smallest absolute Gasteiger partial charge is 0.414 e. The first kappa shape index (κ1) is 16.8. The Morgan fingerprint density at radius 3 is 2.48 bits per heavy atom. The first-order valence-corrected chi connectivity index (χ1v) is 8.84. The van der Waals surface area contributed by atoms with Crippen molar-refractivity contribution in [1.82, 2.24) is 5.16 Å². The lowest BCUT2D eigenvalue weighted by molar-refractivity contribution is -0.832. The van der Waals surface area contributed by atoms with Crippen LogP contribution in [0.4, 0.5) is 5.69 Å². The van der Waals surface area contributed by atoms with Gasteiger partial charge in [-0.05, 0) is 34.7 Å². The van der Waals surface area contributed by atoms with E-state index in [-0.39, 0.29) is 22.3 Å². The Labute approximate surface area is 143 Å². The van der Waals surface area contributed by atoms with Gasteiger partial charge in [0.15, 0.2) is 0 Å². The second kappa shape index (κ2) is 6.81. The van der Waals surface area contributed by atoms with E-state index in [1.165, 1.54) is 12.1 Å². The van der Waals surface area contributed by atoms with Crippen LogP contribution in [0.15, 0.2) is 69.1 Å². The van der Waals surface area contributed by atoms with Crippen LogP contribution in [0.5, 0.6) is 5.88 Å². The predicted octanol–water partition coefficient (Wildman–Crippen LogP) is 1.34. The van der Waals surface area contributed by atoms with Crippen molar-refractivity contribution in [2.45, 2.75) is 16.3 Å². The molecule has 0 radical (unpaired) electrons. The number of hydrogen-bond donors (Lipinski definition) is 1. The number of nitrogen functional groups attached to an aromatic ring is 1. The van der Waals surface area contributed by atoms with Gasteiger partial charge in [0.25, 0.3) is 9.84 Å². The van der Waals surface area contributed by atoms with Crippen molar-refractivity contribution in [1.29, 1.82) is 0 Å². The lowest BCUT2D eigenvalue weighted by Crippen LogP contribution is -2.31. The van der Waals surface area contributed by atoms with Crippen molar-refractivity contribution in [2.24, 2.45) is 0 Å². The molecule has 2 aromatic carbocycles. The first-order chi connectivity index (χ1) is 12.0. The van der Waals surface area contributed by atoms with Crippen LogP contribution in [0.1, 0.15) is 5.56 Å². The molecule has 0 amide bonds. The maximum atomic E-state index is 12.6. The Morgan fingerprint density at radius 1 is 1.12 bits per heavy atom. The SMILES string of the molecule is Nc1ccc(CCOc2no[n+]([O-])c2S(=O)(=O)c2ccccc2)cc1. The number of benzene rings is 2. The molecule has 25 heavy (non-hydrogen) atoms. The average Bonchev–Trinajstić information content (AvgIpc) is 2.99. The number of sulfone groups is 1. The number of hydrogen-bond acceptors (Lipinski definition) is 7. The molecule has 3 aromatic rings. The van der Waals surface area contributed by atoms with Gasteiger partial charge in [0.05, 0.1) is 16.7 Å². The molecule has 1 aromatic heterocycles. The van der Waals surface area contributed by atoms with E-state index in [0.717, 1.165) is 5.56 Å². The molecular formula is C16H15N3O5S. The van der Waals surface area contributed by atoms with Gasteiger partial charge in [0, 0.05) is 12.1 Å². The van der Waals surface area contributed by atoms with E-state index >= 15 is 0 Å². The summed E-state index contributed by atoms with van der Waals surface area (Å²) in [7, 11) is -4.10. The third kappa shape index (κ3) is 3.56. The van der Waals surface area contributed by atoms with Crippen LogP contribution in [0.2, 0.25) is 0 Å². The summed E-state index contributed by atoms with van der Waals surface area (Å²) in [6.45, 7) is 0.119. The molecule has 1 heterocycles. The molecular weight excluding hydrogens is 346 g/mol. The molecule has 0 spiro atoms. The van der Waals surface area contributed by atoms with E-state index in [1.807, 2.05) is 12.1 Å². The lowest BCUT2D eigenvalue weighted by atomic mass is 10.1. The van der Waals surface area contributed by atoms with E-state index in [1.54, 1.807) is 30.3 Å². The van der Waals surface area contributed by atoms with Gasteiger partial charge < -0.3 is 15.7 Å². The third-order valence-electron chi connectivity index (χ3n) is 3.46. The molecule has 0 aliphatic carbocycles. The van der Waals surface area contributed by atoms with Crippen LogP contribution >= 0.6 is 0 Å². The van der Waals surface area contributed by atoms with Crippen molar-refractivity contribution < 1.29 is 22.7 Å². The molecule has 0 fully saturated rings. The molecule has 8 nitrogen and oxygen atoms in total. The van der Waals surface area contributed by atoms with Crippen LogP contribution in [0, 0.1) is 5.21 Å². The predicted molar refractivity (Wildman–Crippen MR) is 87.4 cm³/mol. The largest absolute Gasteiger partial charge is 0.454 e. The molecule has 0 aliphatic heterocycles. The Morgan fingerprint density at radius 2 is 1.80 bits per heavy atom. The highest BCUT2D eigenvalue weighted by Gasteiger charge is 2.35. The minimum absolute atomic E-state index is 0.0498. The summed E-state index contributed by atoms with van der Waals surface area (Å²) in [6, 6.07) is 14.7. The first-order valence-electron chi connectivity index (χ1n) is 7.35. The normalized spacial score (nSPS) is 11.4. The molecule has 3 rings (SSSR count). The molecule has 130 valence electrons. The number of aromatic nitrogens is 2. The van der Waals surface area contributed by atoms with Crippen molar-refractivity contribution >= 4 is 15.5 Å². The van der Waals surface area contributed by atoms with Gasteiger partial charge in [-0.15, -0.1) is 0 Å². The van der Waals surface area contributed by atoms with Gasteiger partial charge in [-0.25, -0.2) is 8.42 Å². The van der Waals surface area contributed by atoms with Gasteiger partial charge in [-0.3, -0.25) is 4.63 Å². The van der Waals surface area contributed by atoms with E-state index in [0.29, 0.717) is 12.1 Å². The van der Waals surface area contributed by atoms with E-state index in [2.05, 4.69) is 9.79 Å². The second-order valence-electron chi connectivity index (χ2n) is 5.20. The molecule has 0 unspecified atom stereocenters. The summed E-state index contributed by atoms with van der Waals surface area (Å²) >= 11 is 0. The second-order valence-corrected chi connectivity index (χ2v) is 7.06. The third-order valence-corrected chi connectivity index (χ3v) is 5.19. The topological polar surface area (TPSA) is 122 Å². The quantitative estimate of drug-likeness (QED) is 0.519. The van der Waals surface area contributed by atoms with Gasteiger partial charge in [0.1, 0.15) is 0 Å². The van der Waals surface area contributed by atoms with E-state index < -0.39 is 14.9 Å². The van der Waals surface area contributed by atoms with Gasteiger partial charge in [0.2, 0.25) is 0 Å². The van der Waals surface area contributed by atoms with Crippen LogP contribution in [0.25, 0.3) is 0 Å². The zero-order chi connectivity index (χ0) is 17.9. The van der Waals surface area contributed by atoms with Crippen LogP contribution < -0.4 is 15.4 Å². The summed E-state index contributed by atoms with van der Waals surface area (Å²) < 4.78 is 35.0. The Bertz CT molecular complexity index is 953. The molecule has 0 atom stereocenters. The van der Waals surface area contributed by atoms with Crippen molar-refractivity contribution in [2.75, 3.05) is 12.3 Å². The highest BCUT2D eigenvalue weighted by molar-refractivity contribution is 7.91. The minimum Gasteiger partial charge on any atom is -0.454 e. The van der Waals surface area contributed by atoms with Gasteiger partial charge in [-0.2, -0.15) is 0 Å². The fourth-order valence-corrected chi connectivity index (χ4v) is 3.49. The molecule has 2 N–H and O–H groups in total. The van der Waals surface area contributed by atoms with Gasteiger partial charge >= 0.3 is 10.9 Å². The Hall–Kier alpha value is -3.07. The summed E-state index contributed by atoms with van der Waals surface area (Å²) in [5, 5.41) is 14.5. The summed E-state index contributed by atoms with van der Waals surface area (Å²) in [6.07, 6.45) is 0.483. The van der Waals surface area contributed by atoms with Crippen LogP contribution in [-0.4, -0.2) is 20.2 Å². The fraction of sp³-hybridized carbons (Fsp3) is 0.125. The van der Waals surface area contributed by atoms with E-state index in [4.69, 9.17) is 10.5 Å². The number of nitrogens with zero attached hydrogens (tertiary/aromatic N) is 2. The standard InChI is InChI=1S/C16H15N3O5S/c17-13-8-6-12(7-9-13)10-11-23-15-16(19(20)24-18-15)25(21,22)14-4-2-1-3-5-14/h1-9H,10-11,17H2.